The van der Waals surface area contributed by atoms with Gasteiger partial charge in [-0.15, -0.1) is 0 Å². The van der Waals surface area contributed by atoms with Gasteiger partial charge in [0.25, 0.3) is 0 Å². The molecule has 0 aromatic carbocycles. The Kier molecular flexibility index (Phi) is 11.7. The predicted octanol–water partition coefficient (Wildman–Crippen LogP) is 3.02. The van der Waals surface area contributed by atoms with Crippen molar-refractivity contribution in [3.05, 3.63) is 0 Å². The molecule has 3 unspecified atom stereocenters. The lowest BCUT2D eigenvalue weighted by Crippen LogP contribution is -2.30. The van der Waals surface area contributed by atoms with Gasteiger partial charge in [0.1, 0.15) is 0 Å². The molecule has 0 aromatic rings. The summed E-state index contributed by atoms with van der Waals surface area (Å²) >= 11 is 0. The Morgan fingerprint density at radius 3 is 2.22 bits per heavy atom. The number of hydrogen-bond acceptors (Lipinski definition) is 5. The second-order valence-corrected chi connectivity index (χ2v) is 7.63. The van der Waals surface area contributed by atoms with Gasteiger partial charge in [0.2, 0.25) is 0 Å². The van der Waals surface area contributed by atoms with Crippen LogP contribution < -0.4 is 0 Å². The van der Waals surface area contributed by atoms with Crippen molar-refractivity contribution >= 4 is 6.21 Å². The molecule has 0 aromatic heterocycles. The van der Waals surface area contributed by atoms with E-state index >= 15 is 0 Å². The fourth-order valence-electron chi connectivity index (χ4n) is 2.51. The summed E-state index contributed by atoms with van der Waals surface area (Å²) in [5.74, 6) is 0.838. The maximum absolute atomic E-state index is 9.89. The Balaban J connectivity index is 3.95. The summed E-state index contributed by atoms with van der Waals surface area (Å²) in [6.45, 7) is 11.3. The summed E-state index contributed by atoms with van der Waals surface area (Å²) in [5, 5.41) is 26.6. The third kappa shape index (κ3) is 13.6. The van der Waals surface area contributed by atoms with Crippen molar-refractivity contribution in [2.75, 3.05) is 19.8 Å². The van der Waals surface area contributed by atoms with Crippen molar-refractivity contribution in [2.45, 2.75) is 78.1 Å². The molecule has 0 heterocycles. The van der Waals surface area contributed by atoms with E-state index in [9.17, 15) is 10.2 Å². The van der Waals surface area contributed by atoms with E-state index in [0.29, 0.717) is 24.9 Å². The van der Waals surface area contributed by atoms with Crippen LogP contribution in [0.4, 0.5) is 0 Å². The fourth-order valence-corrected chi connectivity index (χ4v) is 2.51. The molecule has 3 N–H and O–H groups in total. The van der Waals surface area contributed by atoms with E-state index in [2.05, 4.69) is 20.8 Å². The van der Waals surface area contributed by atoms with Gasteiger partial charge >= 0.3 is 0 Å². The standard InChI is InChI=1S/C18H37NO4/c1-14(2)10-16(20)13-23-18(4,5)7-6-15(3)11-17(21)12-22-9-8-19/h8,14-17,19-21H,6-7,9-13H2,1-5H3. The summed E-state index contributed by atoms with van der Waals surface area (Å²) < 4.78 is 11.0. The van der Waals surface area contributed by atoms with Crippen molar-refractivity contribution < 1.29 is 19.7 Å². The zero-order valence-corrected chi connectivity index (χ0v) is 15.5. The minimum atomic E-state index is -0.484. The Morgan fingerprint density at radius 1 is 1.04 bits per heavy atom. The maximum atomic E-state index is 9.89. The molecule has 0 aliphatic rings. The molecule has 0 saturated heterocycles. The topological polar surface area (TPSA) is 82.8 Å². The maximum Gasteiger partial charge on any atom is 0.0812 e. The first-order valence-electron chi connectivity index (χ1n) is 8.73. The third-order valence-electron chi connectivity index (χ3n) is 3.84. The van der Waals surface area contributed by atoms with Crippen LogP contribution in [0, 0.1) is 17.2 Å². The number of ether oxygens (including phenoxy) is 2. The van der Waals surface area contributed by atoms with E-state index in [1.165, 1.54) is 6.21 Å². The van der Waals surface area contributed by atoms with Crippen molar-refractivity contribution in [3.63, 3.8) is 0 Å². The van der Waals surface area contributed by atoms with Crippen LogP contribution in [0.2, 0.25) is 0 Å². The van der Waals surface area contributed by atoms with Gasteiger partial charge in [0, 0.05) is 6.21 Å². The molecule has 0 aliphatic heterocycles. The largest absolute Gasteiger partial charge is 0.391 e. The van der Waals surface area contributed by atoms with Gasteiger partial charge in [-0.1, -0.05) is 20.8 Å². The quantitative estimate of drug-likeness (QED) is 0.337. The highest BCUT2D eigenvalue weighted by Crippen LogP contribution is 2.23. The Hall–Kier alpha value is -0.490. The monoisotopic (exact) mass is 331 g/mol. The molecule has 3 atom stereocenters. The number of aliphatic hydroxyl groups is 2. The van der Waals surface area contributed by atoms with Crippen LogP contribution in [0.15, 0.2) is 0 Å². The predicted molar refractivity (Wildman–Crippen MR) is 94.1 cm³/mol. The van der Waals surface area contributed by atoms with Gasteiger partial charge < -0.3 is 25.1 Å². The molecule has 0 rings (SSSR count). The fraction of sp³-hybridized carbons (Fsp3) is 0.944. The van der Waals surface area contributed by atoms with E-state index in [1.807, 2.05) is 13.8 Å². The van der Waals surface area contributed by atoms with Crippen LogP contribution in [0.3, 0.4) is 0 Å². The van der Waals surface area contributed by atoms with Gasteiger partial charge in [-0.25, -0.2) is 0 Å². The van der Waals surface area contributed by atoms with Crippen LogP contribution in [0.25, 0.3) is 0 Å². The zero-order valence-electron chi connectivity index (χ0n) is 15.5. The minimum absolute atomic E-state index is 0.255. The third-order valence-corrected chi connectivity index (χ3v) is 3.84. The lowest BCUT2D eigenvalue weighted by Gasteiger charge is -2.29. The van der Waals surface area contributed by atoms with Gasteiger partial charge in [-0.2, -0.15) is 0 Å². The molecule has 0 bridgehead atoms. The first-order valence-corrected chi connectivity index (χ1v) is 8.73. The summed E-state index contributed by atoms with van der Waals surface area (Å²) in [7, 11) is 0. The van der Waals surface area contributed by atoms with Crippen LogP contribution in [-0.4, -0.2) is 54.1 Å². The second kappa shape index (κ2) is 12.0. The number of rotatable bonds is 14. The van der Waals surface area contributed by atoms with Crippen LogP contribution in [0.1, 0.15) is 60.3 Å². The first-order chi connectivity index (χ1) is 10.7. The molecular weight excluding hydrogens is 294 g/mol. The van der Waals surface area contributed by atoms with Crippen molar-refractivity contribution in [1.82, 2.24) is 0 Å². The lowest BCUT2D eigenvalue weighted by atomic mass is 9.92. The molecule has 0 aliphatic carbocycles. The normalized spacial score (nSPS) is 16.3. The van der Waals surface area contributed by atoms with Crippen LogP contribution in [-0.2, 0) is 9.47 Å². The molecule has 5 nitrogen and oxygen atoms in total. The summed E-state index contributed by atoms with van der Waals surface area (Å²) in [4.78, 5) is 0. The van der Waals surface area contributed by atoms with Crippen molar-refractivity contribution in [3.8, 4) is 0 Å². The summed E-state index contributed by atoms with van der Waals surface area (Å²) in [6, 6.07) is 0. The Morgan fingerprint density at radius 2 is 1.65 bits per heavy atom. The highest BCUT2D eigenvalue weighted by atomic mass is 16.5. The molecule has 0 radical (unpaired) electrons. The van der Waals surface area contributed by atoms with Crippen LogP contribution in [0.5, 0.6) is 0 Å². The first kappa shape index (κ1) is 22.5. The molecular formula is C18H37NO4. The highest BCUT2D eigenvalue weighted by Gasteiger charge is 2.22. The van der Waals surface area contributed by atoms with Crippen molar-refractivity contribution in [2.24, 2.45) is 11.8 Å². The molecule has 138 valence electrons. The number of hydrogen-bond donors (Lipinski definition) is 3. The SMILES string of the molecule is CC(C)CC(O)COC(C)(C)CCC(C)CC(O)COCC=N. The van der Waals surface area contributed by atoms with Gasteiger partial charge in [-0.05, 0) is 51.4 Å². The van der Waals surface area contributed by atoms with E-state index < -0.39 is 12.2 Å². The minimum Gasteiger partial charge on any atom is -0.391 e. The van der Waals surface area contributed by atoms with E-state index in [1.54, 1.807) is 0 Å². The van der Waals surface area contributed by atoms with Crippen LogP contribution >= 0.6 is 0 Å². The molecule has 5 heteroatoms. The zero-order chi connectivity index (χ0) is 17.9. The highest BCUT2D eigenvalue weighted by molar-refractivity contribution is 5.53. The average molecular weight is 331 g/mol. The molecule has 0 spiro atoms. The molecule has 0 amide bonds. The van der Waals surface area contributed by atoms with E-state index in [0.717, 1.165) is 19.3 Å². The van der Waals surface area contributed by atoms with Gasteiger partial charge in [0.15, 0.2) is 0 Å². The second-order valence-electron chi connectivity index (χ2n) is 7.63. The smallest absolute Gasteiger partial charge is 0.0812 e. The number of nitrogens with one attached hydrogen (secondary N) is 1. The van der Waals surface area contributed by atoms with Gasteiger partial charge in [-0.3, -0.25) is 0 Å². The van der Waals surface area contributed by atoms with E-state index in [4.69, 9.17) is 14.9 Å². The average Bonchev–Trinajstić information content (AvgIpc) is 2.43. The summed E-state index contributed by atoms with van der Waals surface area (Å²) in [5.41, 5.74) is -0.270. The summed E-state index contributed by atoms with van der Waals surface area (Å²) in [6.07, 6.45) is 3.58. The van der Waals surface area contributed by atoms with Crippen molar-refractivity contribution in [1.29, 1.82) is 5.41 Å². The van der Waals surface area contributed by atoms with E-state index in [-0.39, 0.29) is 18.8 Å². The molecule has 0 saturated carbocycles. The van der Waals surface area contributed by atoms with Gasteiger partial charge in [0.05, 0.1) is 37.6 Å². The number of aliphatic hydroxyl groups excluding tert-OH is 2. The molecule has 0 fully saturated rings. The Bertz CT molecular complexity index is 307. The lowest BCUT2D eigenvalue weighted by molar-refractivity contribution is -0.0701. The molecule has 23 heavy (non-hydrogen) atoms. The Labute approximate surface area is 141 Å².